The molecule has 4 rings (SSSR count). The Hall–Kier alpha value is -3.59. The molecule has 1 aromatic carbocycles. The van der Waals surface area contributed by atoms with E-state index in [0.29, 0.717) is 16.4 Å². The minimum absolute atomic E-state index is 0.109. The van der Waals surface area contributed by atoms with E-state index in [1.54, 1.807) is 61.8 Å². The monoisotopic (exact) mass is 448 g/mol. The summed E-state index contributed by atoms with van der Waals surface area (Å²) in [5.41, 5.74) is 3.86. The van der Waals surface area contributed by atoms with Gasteiger partial charge in [0.05, 0.1) is 26.9 Å². The van der Waals surface area contributed by atoms with Gasteiger partial charge in [0.2, 0.25) is 5.95 Å². The maximum absolute atomic E-state index is 12.5. The van der Waals surface area contributed by atoms with Gasteiger partial charge in [-0.05, 0) is 24.3 Å². The molecule has 0 aliphatic heterocycles. The van der Waals surface area contributed by atoms with Crippen molar-refractivity contribution >= 4 is 33.3 Å². The number of carbonyl (C=O) groups excluding carboxylic acids is 1. The second-order valence-electron chi connectivity index (χ2n) is 7.81. The fourth-order valence-electron chi connectivity index (χ4n) is 3.41. The van der Waals surface area contributed by atoms with Gasteiger partial charge in [0.1, 0.15) is 0 Å². The van der Waals surface area contributed by atoms with Crippen LogP contribution in [0.1, 0.15) is 10.4 Å². The van der Waals surface area contributed by atoms with Gasteiger partial charge < -0.3 is 9.80 Å². The summed E-state index contributed by atoms with van der Waals surface area (Å²) >= 11 is 0. The molecule has 3 heterocycles. The molecule has 4 aromatic rings. The molecule has 1 atom stereocenters. The lowest BCUT2D eigenvalue weighted by Crippen LogP contribution is -2.21. The number of nitrogens with zero attached hydrogens (tertiary/aromatic N) is 6. The summed E-state index contributed by atoms with van der Waals surface area (Å²) in [4.78, 5) is 30.2. The molecule has 164 valence electrons. The van der Waals surface area contributed by atoms with Crippen molar-refractivity contribution in [2.75, 3.05) is 39.3 Å². The lowest BCUT2D eigenvalue weighted by molar-refractivity contribution is 0.0827. The summed E-state index contributed by atoms with van der Waals surface area (Å²) in [7, 11) is 6.15. The summed E-state index contributed by atoms with van der Waals surface area (Å²) in [5.74, 6) is 0.315. The molecule has 0 saturated carbocycles. The maximum Gasteiger partial charge on any atom is 0.253 e. The van der Waals surface area contributed by atoms with Gasteiger partial charge in [-0.25, -0.2) is 9.97 Å². The van der Waals surface area contributed by atoms with E-state index in [-0.39, 0.29) is 5.91 Å². The zero-order valence-corrected chi connectivity index (χ0v) is 19.4. The number of aromatic nitrogens is 4. The quantitative estimate of drug-likeness (QED) is 0.467. The van der Waals surface area contributed by atoms with Gasteiger partial charge in [-0.1, -0.05) is 6.07 Å². The fourth-order valence-corrected chi connectivity index (χ4v) is 4.15. The minimum atomic E-state index is -1.21. The lowest BCUT2D eigenvalue weighted by Gasteiger charge is -2.13. The molecule has 32 heavy (non-hydrogen) atoms. The topological polar surface area (TPSA) is 84.2 Å². The van der Waals surface area contributed by atoms with E-state index in [4.69, 9.17) is 0 Å². The summed E-state index contributed by atoms with van der Waals surface area (Å²) in [6.07, 6.45) is 8.58. The number of hydrogen-bond donors (Lipinski definition) is 0. The second-order valence-corrected chi connectivity index (χ2v) is 9.16. The first-order valence-corrected chi connectivity index (χ1v) is 11.5. The molecular formula is C23H24N6O2S. The Labute approximate surface area is 189 Å². The number of amides is 1. The molecular weight excluding hydrogens is 424 g/mol. The van der Waals surface area contributed by atoms with Crippen LogP contribution >= 0.6 is 0 Å². The van der Waals surface area contributed by atoms with Gasteiger partial charge in [-0.2, -0.15) is 0 Å². The van der Waals surface area contributed by atoms with Crippen molar-refractivity contribution in [1.29, 1.82) is 0 Å². The molecule has 3 aromatic heterocycles. The van der Waals surface area contributed by atoms with Gasteiger partial charge in [0.15, 0.2) is 0 Å². The normalized spacial score (nSPS) is 12.0. The molecule has 0 radical (unpaired) electrons. The average Bonchev–Trinajstić information content (AvgIpc) is 3.18. The molecule has 8 nitrogen and oxygen atoms in total. The number of carbonyl (C=O) groups is 1. The smallest absolute Gasteiger partial charge is 0.253 e. The highest BCUT2D eigenvalue weighted by atomic mass is 32.2. The van der Waals surface area contributed by atoms with Crippen LogP contribution in [0.15, 0.2) is 60.0 Å². The van der Waals surface area contributed by atoms with Crippen LogP contribution < -0.4 is 4.90 Å². The van der Waals surface area contributed by atoms with E-state index in [0.717, 1.165) is 27.8 Å². The van der Waals surface area contributed by atoms with E-state index in [9.17, 15) is 9.00 Å². The predicted molar refractivity (Wildman–Crippen MR) is 127 cm³/mol. The zero-order chi connectivity index (χ0) is 23.0. The van der Waals surface area contributed by atoms with Crippen molar-refractivity contribution in [2.24, 2.45) is 0 Å². The first-order valence-electron chi connectivity index (χ1n) is 9.92. The van der Waals surface area contributed by atoms with E-state index in [1.807, 2.05) is 37.2 Å². The van der Waals surface area contributed by atoms with Crippen molar-refractivity contribution in [1.82, 2.24) is 24.4 Å². The van der Waals surface area contributed by atoms with Crippen molar-refractivity contribution in [3.8, 4) is 17.2 Å². The van der Waals surface area contributed by atoms with Crippen molar-refractivity contribution < 1.29 is 9.00 Å². The van der Waals surface area contributed by atoms with Crippen molar-refractivity contribution in [3.63, 3.8) is 0 Å². The van der Waals surface area contributed by atoms with Crippen LogP contribution in [0.2, 0.25) is 0 Å². The van der Waals surface area contributed by atoms with Crippen LogP contribution in [0.5, 0.6) is 0 Å². The molecule has 0 aliphatic carbocycles. The van der Waals surface area contributed by atoms with E-state index >= 15 is 0 Å². The number of fused-ring (bicyclic) bond motifs is 1. The summed E-state index contributed by atoms with van der Waals surface area (Å²) in [6.45, 7) is 0. The molecule has 0 fully saturated rings. The number of anilines is 1. The Morgan fingerprint density at radius 3 is 2.34 bits per heavy atom. The van der Waals surface area contributed by atoms with Crippen molar-refractivity contribution in [3.05, 3.63) is 60.7 Å². The van der Waals surface area contributed by atoms with Crippen LogP contribution in [0, 0.1) is 0 Å². The second kappa shape index (κ2) is 8.51. The third-order valence-corrected chi connectivity index (χ3v) is 6.09. The van der Waals surface area contributed by atoms with E-state index in [2.05, 4.69) is 15.0 Å². The Morgan fingerprint density at radius 1 is 1.00 bits per heavy atom. The van der Waals surface area contributed by atoms with Crippen LogP contribution in [-0.2, 0) is 10.8 Å². The predicted octanol–water partition coefficient (Wildman–Crippen LogP) is 2.99. The largest absolute Gasteiger partial charge is 0.378 e. The number of pyridine rings is 1. The molecule has 0 aliphatic rings. The standard InChI is InChI=1S/C23H24N6O2S/c1-27(2)17-8-9-24-19(11-17)16-12-25-23(26-13-16)29-14-21(32(5)31)18-7-6-15(10-20(18)29)22(30)28(3)4/h6-14H,1-5H3. The van der Waals surface area contributed by atoms with Crippen LogP contribution in [0.3, 0.4) is 0 Å². The van der Waals surface area contributed by atoms with E-state index < -0.39 is 10.8 Å². The number of rotatable bonds is 5. The third-order valence-electron chi connectivity index (χ3n) is 5.14. The Kier molecular flexibility index (Phi) is 5.75. The van der Waals surface area contributed by atoms with E-state index in [1.165, 1.54) is 4.90 Å². The highest BCUT2D eigenvalue weighted by molar-refractivity contribution is 7.84. The number of benzene rings is 1. The Balaban J connectivity index is 1.80. The summed E-state index contributed by atoms with van der Waals surface area (Å²) in [6, 6.07) is 9.26. The number of hydrogen-bond acceptors (Lipinski definition) is 6. The van der Waals surface area contributed by atoms with Crippen LogP contribution in [0.4, 0.5) is 5.69 Å². The average molecular weight is 449 g/mol. The fraction of sp³-hybridized carbons (Fsp3) is 0.217. The summed E-state index contributed by atoms with van der Waals surface area (Å²) < 4.78 is 14.1. The molecule has 0 saturated heterocycles. The molecule has 0 bridgehead atoms. The third kappa shape index (κ3) is 3.99. The molecule has 0 spiro atoms. The Morgan fingerprint density at radius 2 is 1.72 bits per heavy atom. The minimum Gasteiger partial charge on any atom is -0.378 e. The summed E-state index contributed by atoms with van der Waals surface area (Å²) in [5, 5.41) is 0.800. The SMILES string of the molecule is CN(C)C(=O)c1ccc2c(S(C)=O)cn(-c3ncc(-c4cc(N(C)C)ccn4)cn3)c2c1. The van der Waals surface area contributed by atoms with Gasteiger partial charge in [-0.3, -0.25) is 18.6 Å². The zero-order valence-electron chi connectivity index (χ0n) is 18.6. The first-order chi connectivity index (χ1) is 15.3. The molecule has 1 unspecified atom stereocenters. The van der Waals surface area contributed by atoms with Gasteiger partial charge in [-0.15, -0.1) is 0 Å². The first kappa shape index (κ1) is 21.6. The van der Waals surface area contributed by atoms with Crippen LogP contribution in [0.25, 0.3) is 28.1 Å². The lowest BCUT2D eigenvalue weighted by atomic mass is 10.1. The molecule has 0 N–H and O–H groups in total. The van der Waals surface area contributed by atoms with Gasteiger partial charge in [0.25, 0.3) is 5.91 Å². The maximum atomic E-state index is 12.5. The van der Waals surface area contributed by atoms with Gasteiger partial charge >= 0.3 is 0 Å². The van der Waals surface area contributed by atoms with Gasteiger partial charge in [0, 0.05) is 81.4 Å². The molecule has 9 heteroatoms. The molecule has 1 amide bonds. The van der Waals surface area contributed by atoms with Crippen LogP contribution in [-0.4, -0.2) is 69.0 Å². The highest BCUT2D eigenvalue weighted by Gasteiger charge is 2.17. The van der Waals surface area contributed by atoms with Crippen molar-refractivity contribution in [2.45, 2.75) is 4.90 Å². The Bertz CT molecular complexity index is 1330. The highest BCUT2D eigenvalue weighted by Crippen LogP contribution is 2.28.